The van der Waals surface area contributed by atoms with Gasteiger partial charge in [0.1, 0.15) is 0 Å². The number of likely N-dealkylation sites (N-methyl/N-ethyl adjacent to an activating group) is 1. The average Bonchev–Trinajstić information content (AvgIpc) is 3.39. The zero-order chi connectivity index (χ0) is 24.9. The predicted octanol–water partition coefficient (Wildman–Crippen LogP) is 2.95. The van der Waals surface area contributed by atoms with Gasteiger partial charge in [0.15, 0.2) is 5.76 Å². The van der Waals surface area contributed by atoms with E-state index in [0.29, 0.717) is 56.3 Å². The number of aryl methyl sites for hydroxylation is 1. The highest BCUT2D eigenvalue weighted by Crippen LogP contribution is 2.33. The Bertz CT molecular complexity index is 1100. The standard InChI is InChI=1S/C26H32N4O5/c1-4-30-20(17-28-12-14-29(15-13-28)24(31)21-11-8-16-35-21)22(25(32)34-5-2)23(27-26(30)33)19-10-7-6-9-18(19)3/h6-11,16,23H,4-5,12-15,17H2,1-3H3,(H,27,33). The van der Waals surface area contributed by atoms with Crippen molar-refractivity contribution in [3.63, 3.8) is 0 Å². The van der Waals surface area contributed by atoms with Crippen molar-refractivity contribution >= 4 is 17.9 Å². The third kappa shape index (κ3) is 5.09. The maximum absolute atomic E-state index is 13.2. The molecule has 4 rings (SSSR count). The number of hydrogen-bond acceptors (Lipinski definition) is 6. The van der Waals surface area contributed by atoms with Crippen LogP contribution in [0.5, 0.6) is 0 Å². The molecule has 1 aromatic heterocycles. The fourth-order valence-corrected chi connectivity index (χ4v) is 4.68. The molecule has 0 bridgehead atoms. The molecule has 3 heterocycles. The SMILES string of the molecule is CCOC(=O)C1=C(CN2CCN(C(=O)c3ccco3)CC2)N(CC)C(=O)NC1c1ccccc1C. The number of rotatable bonds is 7. The van der Waals surface area contributed by atoms with Gasteiger partial charge in [-0.25, -0.2) is 9.59 Å². The Balaban J connectivity index is 1.62. The number of hydrogen-bond donors (Lipinski definition) is 1. The molecule has 35 heavy (non-hydrogen) atoms. The number of nitrogens with zero attached hydrogens (tertiary/aromatic N) is 3. The number of ether oxygens (including phenoxy) is 1. The molecule has 9 nitrogen and oxygen atoms in total. The van der Waals surface area contributed by atoms with E-state index in [1.807, 2.05) is 38.1 Å². The van der Waals surface area contributed by atoms with E-state index in [9.17, 15) is 14.4 Å². The molecule has 2 aliphatic heterocycles. The first kappa shape index (κ1) is 24.5. The van der Waals surface area contributed by atoms with Crippen LogP contribution < -0.4 is 5.32 Å². The van der Waals surface area contributed by atoms with Crippen molar-refractivity contribution in [2.45, 2.75) is 26.8 Å². The van der Waals surface area contributed by atoms with Crippen LogP contribution in [0.2, 0.25) is 0 Å². The number of nitrogens with one attached hydrogen (secondary N) is 1. The highest BCUT2D eigenvalue weighted by Gasteiger charge is 2.39. The lowest BCUT2D eigenvalue weighted by Gasteiger charge is -2.40. The first-order chi connectivity index (χ1) is 16.9. The summed E-state index contributed by atoms with van der Waals surface area (Å²) in [5, 5.41) is 3.02. The third-order valence-corrected chi connectivity index (χ3v) is 6.51. The van der Waals surface area contributed by atoms with Crippen molar-refractivity contribution in [2.24, 2.45) is 0 Å². The van der Waals surface area contributed by atoms with Crippen molar-refractivity contribution < 1.29 is 23.5 Å². The molecule has 186 valence electrons. The lowest BCUT2D eigenvalue weighted by Crippen LogP contribution is -2.53. The Morgan fingerprint density at radius 2 is 1.83 bits per heavy atom. The number of carbonyl (C=O) groups is 3. The minimum absolute atomic E-state index is 0.132. The van der Waals surface area contributed by atoms with Gasteiger partial charge in [0.05, 0.1) is 24.5 Å². The lowest BCUT2D eigenvalue weighted by molar-refractivity contribution is -0.139. The largest absolute Gasteiger partial charge is 0.463 e. The average molecular weight is 481 g/mol. The van der Waals surface area contributed by atoms with Gasteiger partial charge >= 0.3 is 12.0 Å². The molecule has 0 saturated carbocycles. The summed E-state index contributed by atoms with van der Waals surface area (Å²) in [4.78, 5) is 44.5. The molecular formula is C26H32N4O5. The minimum atomic E-state index is -0.595. The second-order valence-electron chi connectivity index (χ2n) is 8.61. The predicted molar refractivity (Wildman–Crippen MR) is 130 cm³/mol. The summed E-state index contributed by atoms with van der Waals surface area (Å²) in [6.45, 7) is 8.96. The number of amides is 3. The summed E-state index contributed by atoms with van der Waals surface area (Å²) in [6, 6.07) is 10.3. The maximum Gasteiger partial charge on any atom is 0.338 e. The summed E-state index contributed by atoms with van der Waals surface area (Å²) in [7, 11) is 0. The van der Waals surface area contributed by atoms with E-state index in [2.05, 4.69) is 10.2 Å². The highest BCUT2D eigenvalue weighted by atomic mass is 16.5. The maximum atomic E-state index is 13.2. The minimum Gasteiger partial charge on any atom is -0.463 e. The van der Waals surface area contributed by atoms with Crippen LogP contribution in [0.1, 0.15) is 41.6 Å². The number of piperazine rings is 1. The Labute approximate surface area is 205 Å². The van der Waals surface area contributed by atoms with Crippen LogP contribution in [0.15, 0.2) is 58.3 Å². The molecule has 2 aliphatic rings. The first-order valence-electron chi connectivity index (χ1n) is 12.0. The molecule has 1 aromatic carbocycles. The number of esters is 1. The Hall–Kier alpha value is -3.59. The van der Waals surface area contributed by atoms with Gasteiger partial charge in [-0.3, -0.25) is 14.6 Å². The zero-order valence-corrected chi connectivity index (χ0v) is 20.5. The van der Waals surface area contributed by atoms with Gasteiger partial charge in [-0.05, 0) is 44.0 Å². The number of benzene rings is 1. The summed E-state index contributed by atoms with van der Waals surface area (Å²) >= 11 is 0. The topological polar surface area (TPSA) is 95.3 Å². The molecule has 9 heteroatoms. The molecule has 1 atom stereocenters. The van der Waals surface area contributed by atoms with E-state index >= 15 is 0 Å². The zero-order valence-electron chi connectivity index (χ0n) is 20.5. The number of carbonyl (C=O) groups excluding carboxylic acids is 3. The van der Waals surface area contributed by atoms with E-state index in [1.165, 1.54) is 6.26 Å². The summed E-state index contributed by atoms with van der Waals surface area (Å²) < 4.78 is 10.7. The molecule has 0 spiro atoms. The second-order valence-corrected chi connectivity index (χ2v) is 8.61. The van der Waals surface area contributed by atoms with Crippen LogP contribution in [0.3, 0.4) is 0 Å². The second kappa shape index (κ2) is 10.8. The van der Waals surface area contributed by atoms with E-state index < -0.39 is 12.0 Å². The van der Waals surface area contributed by atoms with Gasteiger partial charge in [-0.1, -0.05) is 24.3 Å². The Morgan fingerprint density at radius 3 is 2.46 bits per heavy atom. The molecular weight excluding hydrogens is 448 g/mol. The van der Waals surface area contributed by atoms with E-state index in [1.54, 1.807) is 28.9 Å². The smallest absolute Gasteiger partial charge is 0.338 e. The molecule has 1 saturated heterocycles. The quantitative estimate of drug-likeness (QED) is 0.613. The molecule has 0 aliphatic carbocycles. The monoisotopic (exact) mass is 480 g/mol. The molecule has 3 amide bonds. The number of furan rings is 1. The van der Waals surface area contributed by atoms with Crippen molar-refractivity contribution in [1.29, 1.82) is 0 Å². The highest BCUT2D eigenvalue weighted by molar-refractivity contribution is 5.95. The third-order valence-electron chi connectivity index (χ3n) is 6.51. The summed E-state index contributed by atoms with van der Waals surface area (Å²) in [5.74, 6) is -0.235. The summed E-state index contributed by atoms with van der Waals surface area (Å²) in [6.07, 6.45) is 1.49. The van der Waals surface area contributed by atoms with E-state index in [-0.39, 0.29) is 18.5 Å². The molecule has 1 fully saturated rings. The van der Waals surface area contributed by atoms with Gasteiger partial charge < -0.3 is 19.4 Å². The Morgan fingerprint density at radius 1 is 1.09 bits per heavy atom. The molecule has 0 radical (unpaired) electrons. The van der Waals surface area contributed by atoms with E-state index in [4.69, 9.17) is 9.15 Å². The first-order valence-corrected chi connectivity index (χ1v) is 12.0. The van der Waals surface area contributed by atoms with Crippen LogP contribution in [0.4, 0.5) is 4.79 Å². The fourth-order valence-electron chi connectivity index (χ4n) is 4.68. The van der Waals surface area contributed by atoms with Gasteiger partial charge in [-0.15, -0.1) is 0 Å². The van der Waals surface area contributed by atoms with Crippen molar-refractivity contribution in [3.05, 3.63) is 70.8 Å². The number of urea groups is 1. The van der Waals surface area contributed by atoms with E-state index in [0.717, 1.165) is 11.1 Å². The molecule has 1 N–H and O–H groups in total. The van der Waals surface area contributed by atoms with Crippen molar-refractivity contribution in [2.75, 3.05) is 45.9 Å². The van der Waals surface area contributed by atoms with Crippen LogP contribution in [0.25, 0.3) is 0 Å². The molecule has 2 aromatic rings. The molecule has 1 unspecified atom stereocenters. The van der Waals surface area contributed by atoms with Gasteiger partial charge in [-0.2, -0.15) is 0 Å². The normalized spacial score (nSPS) is 19.1. The van der Waals surface area contributed by atoms with Gasteiger partial charge in [0.2, 0.25) is 0 Å². The van der Waals surface area contributed by atoms with Crippen LogP contribution in [-0.4, -0.2) is 78.5 Å². The van der Waals surface area contributed by atoms with Crippen LogP contribution in [-0.2, 0) is 9.53 Å². The van der Waals surface area contributed by atoms with Crippen molar-refractivity contribution in [3.8, 4) is 0 Å². The lowest BCUT2D eigenvalue weighted by atomic mass is 9.91. The van der Waals surface area contributed by atoms with Gasteiger partial charge in [0, 0.05) is 45.0 Å². The van der Waals surface area contributed by atoms with Crippen LogP contribution in [0, 0.1) is 6.92 Å². The van der Waals surface area contributed by atoms with Gasteiger partial charge in [0.25, 0.3) is 5.91 Å². The Kier molecular flexibility index (Phi) is 7.55. The fraction of sp³-hybridized carbons (Fsp3) is 0.423. The van der Waals surface area contributed by atoms with Crippen molar-refractivity contribution in [1.82, 2.24) is 20.0 Å². The van der Waals surface area contributed by atoms with Crippen LogP contribution >= 0.6 is 0 Å². The summed E-state index contributed by atoms with van der Waals surface area (Å²) in [5.41, 5.74) is 2.95.